The van der Waals surface area contributed by atoms with Crippen molar-refractivity contribution >= 4 is 29.9 Å². The van der Waals surface area contributed by atoms with Crippen LogP contribution in [-0.4, -0.2) is 18.0 Å². The van der Waals surface area contributed by atoms with Crippen molar-refractivity contribution in [2.24, 2.45) is 4.99 Å². The molecule has 0 unspecified atom stereocenters. The summed E-state index contributed by atoms with van der Waals surface area (Å²) in [5.74, 6) is 1.27. The van der Waals surface area contributed by atoms with E-state index < -0.39 is 0 Å². The fourth-order valence-electron chi connectivity index (χ4n) is 2.49. The lowest BCUT2D eigenvalue weighted by Gasteiger charge is -2.10. The number of aryl methyl sites for hydroxylation is 1. The van der Waals surface area contributed by atoms with E-state index in [1.54, 1.807) is 25.4 Å². The highest BCUT2D eigenvalue weighted by molar-refractivity contribution is 14.0. The predicted molar refractivity (Wildman–Crippen MR) is 120 cm³/mol. The number of oxazole rings is 1. The molecule has 0 aliphatic carbocycles. The van der Waals surface area contributed by atoms with Crippen molar-refractivity contribution in [2.75, 3.05) is 7.05 Å². The van der Waals surface area contributed by atoms with Gasteiger partial charge in [0.15, 0.2) is 5.96 Å². The molecule has 28 heavy (non-hydrogen) atoms. The van der Waals surface area contributed by atoms with Gasteiger partial charge in [0, 0.05) is 19.2 Å². The second-order valence-electron chi connectivity index (χ2n) is 6.10. The van der Waals surface area contributed by atoms with Gasteiger partial charge in [0.05, 0.1) is 23.9 Å². The molecule has 0 amide bonds. The molecule has 0 saturated heterocycles. The molecule has 2 aromatic carbocycles. The van der Waals surface area contributed by atoms with Gasteiger partial charge in [0.2, 0.25) is 5.89 Å². The summed E-state index contributed by atoms with van der Waals surface area (Å²) in [6, 6.07) is 17.6. The Bertz CT molecular complexity index is 956. The van der Waals surface area contributed by atoms with E-state index in [2.05, 4.69) is 26.7 Å². The molecule has 0 spiro atoms. The molecule has 1 aromatic heterocycles. The summed E-state index contributed by atoms with van der Waals surface area (Å²) in [6.07, 6.45) is 1.65. The molecule has 0 bridgehead atoms. The van der Waals surface area contributed by atoms with Gasteiger partial charge in [-0.15, -0.1) is 24.0 Å². The Balaban J connectivity index is 0.00000280. The monoisotopic (exact) mass is 487 g/mol. The zero-order valence-electron chi connectivity index (χ0n) is 15.8. The Morgan fingerprint density at radius 1 is 1.07 bits per heavy atom. The molecule has 6 nitrogen and oxygen atoms in total. The van der Waals surface area contributed by atoms with E-state index in [1.165, 1.54) is 5.56 Å². The average molecular weight is 487 g/mol. The number of rotatable bonds is 5. The van der Waals surface area contributed by atoms with E-state index in [9.17, 15) is 0 Å². The van der Waals surface area contributed by atoms with Crippen LogP contribution in [0.15, 0.2) is 64.2 Å². The van der Waals surface area contributed by atoms with Crippen LogP contribution in [0.4, 0.5) is 0 Å². The van der Waals surface area contributed by atoms with Crippen molar-refractivity contribution in [1.29, 1.82) is 5.26 Å². The number of aliphatic imine (C=N–C) groups is 1. The summed E-state index contributed by atoms with van der Waals surface area (Å²) in [5.41, 5.74) is 4.67. The van der Waals surface area contributed by atoms with Crippen molar-refractivity contribution in [2.45, 2.75) is 20.0 Å². The van der Waals surface area contributed by atoms with Gasteiger partial charge in [-0.3, -0.25) is 4.99 Å². The highest BCUT2D eigenvalue weighted by Gasteiger charge is 2.07. The van der Waals surface area contributed by atoms with Crippen molar-refractivity contribution < 1.29 is 4.42 Å². The number of nitrogens with one attached hydrogen (secondary N) is 2. The molecule has 0 saturated carbocycles. The number of hydrogen-bond donors (Lipinski definition) is 2. The second kappa shape index (κ2) is 10.5. The number of hydrogen-bond acceptors (Lipinski definition) is 4. The highest BCUT2D eigenvalue weighted by Crippen LogP contribution is 2.18. The largest absolute Gasteiger partial charge is 0.444 e. The summed E-state index contributed by atoms with van der Waals surface area (Å²) in [5, 5.41) is 15.3. The van der Waals surface area contributed by atoms with Crippen LogP contribution < -0.4 is 10.6 Å². The maximum Gasteiger partial charge on any atom is 0.226 e. The van der Waals surface area contributed by atoms with Crippen molar-refractivity contribution in [1.82, 2.24) is 15.6 Å². The van der Waals surface area contributed by atoms with Gasteiger partial charge in [-0.2, -0.15) is 5.26 Å². The molecule has 3 aromatic rings. The molecular weight excluding hydrogens is 465 g/mol. The van der Waals surface area contributed by atoms with Gasteiger partial charge < -0.3 is 15.1 Å². The first-order valence-electron chi connectivity index (χ1n) is 8.63. The van der Waals surface area contributed by atoms with Gasteiger partial charge in [-0.25, -0.2) is 4.98 Å². The van der Waals surface area contributed by atoms with E-state index in [0.717, 1.165) is 16.8 Å². The molecular formula is C21H22IN5O. The molecule has 0 aliphatic rings. The van der Waals surface area contributed by atoms with E-state index >= 15 is 0 Å². The fraction of sp³-hybridized carbons (Fsp3) is 0.190. The first-order chi connectivity index (χ1) is 13.2. The van der Waals surface area contributed by atoms with E-state index in [0.29, 0.717) is 30.5 Å². The maximum atomic E-state index is 8.84. The topological polar surface area (TPSA) is 86.2 Å². The lowest BCUT2D eigenvalue weighted by molar-refractivity contribution is 0.572. The molecule has 3 rings (SSSR count). The number of guanidine groups is 1. The van der Waals surface area contributed by atoms with Gasteiger partial charge in [-0.1, -0.05) is 29.8 Å². The number of nitriles is 1. The van der Waals surface area contributed by atoms with E-state index in [-0.39, 0.29) is 24.0 Å². The quantitative estimate of drug-likeness (QED) is 0.323. The molecule has 2 N–H and O–H groups in total. The SMILES string of the molecule is CN=C(NCc1ccc(C#N)cc1)NCc1coc(-c2ccc(C)cc2)n1.I. The molecule has 0 fully saturated rings. The first kappa shape index (κ1) is 21.4. The normalized spacial score (nSPS) is 10.7. The zero-order chi connectivity index (χ0) is 19.1. The number of nitrogens with zero attached hydrogens (tertiary/aromatic N) is 3. The van der Waals surface area contributed by atoms with Crippen LogP contribution in [0.2, 0.25) is 0 Å². The maximum absolute atomic E-state index is 8.84. The third kappa shape index (κ3) is 5.82. The molecule has 0 atom stereocenters. The Morgan fingerprint density at radius 3 is 2.39 bits per heavy atom. The Morgan fingerprint density at radius 2 is 1.75 bits per heavy atom. The van der Waals surface area contributed by atoms with Gasteiger partial charge >= 0.3 is 0 Å². The second-order valence-corrected chi connectivity index (χ2v) is 6.10. The highest BCUT2D eigenvalue weighted by atomic mass is 127. The smallest absolute Gasteiger partial charge is 0.226 e. The Labute approximate surface area is 181 Å². The van der Waals surface area contributed by atoms with E-state index in [1.807, 2.05) is 43.3 Å². The summed E-state index contributed by atoms with van der Waals surface area (Å²) in [7, 11) is 1.72. The third-order valence-electron chi connectivity index (χ3n) is 4.05. The van der Waals surface area contributed by atoms with Gasteiger partial charge in [0.1, 0.15) is 6.26 Å². The average Bonchev–Trinajstić information content (AvgIpc) is 3.18. The number of halogens is 1. The minimum atomic E-state index is 0. The van der Waals surface area contributed by atoms with Crippen LogP contribution in [0.3, 0.4) is 0 Å². The lowest BCUT2D eigenvalue weighted by atomic mass is 10.1. The van der Waals surface area contributed by atoms with Crippen molar-refractivity contribution in [3.05, 3.63) is 77.2 Å². The Kier molecular flexibility index (Phi) is 8.02. The molecule has 1 heterocycles. The molecule has 7 heteroatoms. The van der Waals surface area contributed by atoms with Crippen LogP contribution in [0.25, 0.3) is 11.5 Å². The van der Waals surface area contributed by atoms with Gasteiger partial charge in [0.25, 0.3) is 0 Å². The fourth-order valence-corrected chi connectivity index (χ4v) is 2.49. The van der Waals surface area contributed by atoms with E-state index in [4.69, 9.17) is 9.68 Å². The summed E-state index contributed by atoms with van der Waals surface area (Å²) < 4.78 is 5.57. The van der Waals surface area contributed by atoms with Crippen molar-refractivity contribution in [3.63, 3.8) is 0 Å². The summed E-state index contributed by atoms with van der Waals surface area (Å²) in [4.78, 5) is 8.72. The standard InChI is InChI=1S/C21H21N5O.HI/c1-15-3-9-18(10-4-15)20-26-19(14-27-20)13-25-21(23-2)24-12-17-7-5-16(11-22)6-8-17;/h3-10,14H,12-13H2,1-2H3,(H2,23,24,25);1H. The van der Waals surface area contributed by atoms with Gasteiger partial charge in [-0.05, 0) is 36.8 Å². The molecule has 0 aliphatic heterocycles. The summed E-state index contributed by atoms with van der Waals surface area (Å²) >= 11 is 0. The third-order valence-corrected chi connectivity index (χ3v) is 4.05. The zero-order valence-corrected chi connectivity index (χ0v) is 18.1. The molecule has 144 valence electrons. The Hall–Kier alpha value is -2.86. The number of benzene rings is 2. The van der Waals surface area contributed by atoms with Crippen LogP contribution in [0, 0.1) is 18.3 Å². The lowest BCUT2D eigenvalue weighted by Crippen LogP contribution is -2.36. The summed E-state index contributed by atoms with van der Waals surface area (Å²) in [6.45, 7) is 3.16. The first-order valence-corrected chi connectivity index (χ1v) is 8.63. The van der Waals surface area contributed by atoms with Crippen LogP contribution in [0.5, 0.6) is 0 Å². The molecule has 0 radical (unpaired) electrons. The van der Waals surface area contributed by atoms with Crippen molar-refractivity contribution in [3.8, 4) is 17.5 Å². The predicted octanol–water partition coefficient (Wildman–Crippen LogP) is 4.00. The van der Waals surface area contributed by atoms with Crippen LogP contribution in [-0.2, 0) is 13.1 Å². The van der Waals surface area contributed by atoms with Crippen LogP contribution >= 0.6 is 24.0 Å². The minimum Gasteiger partial charge on any atom is -0.444 e. The minimum absolute atomic E-state index is 0. The van der Waals surface area contributed by atoms with Crippen LogP contribution in [0.1, 0.15) is 22.4 Å². The number of aromatic nitrogens is 1.